The third-order valence-electron chi connectivity index (χ3n) is 1.62. The van der Waals surface area contributed by atoms with Gasteiger partial charge >= 0.3 is 0 Å². The summed E-state index contributed by atoms with van der Waals surface area (Å²) in [7, 11) is -1.69. The van der Waals surface area contributed by atoms with E-state index in [1.54, 1.807) is 6.26 Å². The molecule has 0 aliphatic heterocycles. The zero-order chi connectivity index (χ0) is 8.32. The molecule has 0 unspecified atom stereocenters. The van der Waals surface area contributed by atoms with Crippen LogP contribution in [0.1, 0.15) is 6.92 Å². The van der Waals surface area contributed by atoms with Crippen molar-refractivity contribution in [3.8, 4) is 0 Å². The molecule has 0 bridgehead atoms. The second kappa shape index (κ2) is 3.24. The molecule has 0 spiro atoms. The molecule has 1 aromatic rings. The van der Waals surface area contributed by atoms with Crippen molar-refractivity contribution < 1.29 is 8.84 Å². The fourth-order valence-corrected chi connectivity index (χ4v) is 2.77. The lowest BCUT2D eigenvalue weighted by molar-refractivity contribution is 0.333. The van der Waals surface area contributed by atoms with Gasteiger partial charge in [0.1, 0.15) is 5.38 Å². The molecule has 1 aromatic heterocycles. The molecule has 0 N–H and O–H groups in total. The van der Waals surface area contributed by atoms with Gasteiger partial charge in [-0.15, -0.1) is 0 Å². The van der Waals surface area contributed by atoms with E-state index in [2.05, 4.69) is 13.1 Å². The topological polar surface area (TPSA) is 22.4 Å². The van der Waals surface area contributed by atoms with E-state index in [0.717, 1.165) is 12.0 Å². The molecular weight excluding hydrogens is 156 g/mol. The predicted molar refractivity (Wildman–Crippen MR) is 47.5 cm³/mol. The highest BCUT2D eigenvalue weighted by atomic mass is 28.4. The Labute approximate surface area is 68.3 Å². The quantitative estimate of drug-likeness (QED) is 0.645. The maximum atomic E-state index is 5.62. The standard InChI is InChI=1S/C8H14O2Si/c1-4-10-11(2,3)8-6-5-7-9-8/h5-7H,4H2,1-3H3. The van der Waals surface area contributed by atoms with Gasteiger partial charge in [0.2, 0.25) is 0 Å². The van der Waals surface area contributed by atoms with Gasteiger partial charge in [0, 0.05) is 6.61 Å². The monoisotopic (exact) mass is 170 g/mol. The smallest absolute Gasteiger partial charge is 0.257 e. The summed E-state index contributed by atoms with van der Waals surface area (Å²) in [6, 6.07) is 3.89. The summed E-state index contributed by atoms with van der Waals surface area (Å²) < 4.78 is 10.9. The van der Waals surface area contributed by atoms with Crippen LogP contribution in [-0.2, 0) is 4.43 Å². The van der Waals surface area contributed by atoms with Crippen molar-refractivity contribution in [2.75, 3.05) is 6.61 Å². The van der Waals surface area contributed by atoms with E-state index in [-0.39, 0.29) is 0 Å². The van der Waals surface area contributed by atoms with E-state index in [0.29, 0.717) is 0 Å². The van der Waals surface area contributed by atoms with E-state index in [1.165, 1.54) is 0 Å². The molecule has 0 aliphatic rings. The number of furan rings is 1. The average molecular weight is 170 g/mol. The zero-order valence-electron chi connectivity index (χ0n) is 7.26. The highest BCUT2D eigenvalue weighted by Crippen LogP contribution is 2.04. The first-order chi connectivity index (χ1) is 5.17. The van der Waals surface area contributed by atoms with Crippen molar-refractivity contribution in [3.63, 3.8) is 0 Å². The summed E-state index contributed by atoms with van der Waals surface area (Å²) in [5.74, 6) is 0. The molecule has 0 fully saturated rings. The van der Waals surface area contributed by atoms with E-state index < -0.39 is 8.32 Å². The van der Waals surface area contributed by atoms with Gasteiger partial charge in [-0.25, -0.2) is 0 Å². The van der Waals surface area contributed by atoms with Crippen molar-refractivity contribution in [2.45, 2.75) is 20.0 Å². The van der Waals surface area contributed by atoms with Crippen molar-refractivity contribution in [2.24, 2.45) is 0 Å². The van der Waals surface area contributed by atoms with Crippen LogP contribution in [0.4, 0.5) is 0 Å². The molecule has 0 saturated heterocycles. The van der Waals surface area contributed by atoms with Gasteiger partial charge in [0.15, 0.2) is 0 Å². The van der Waals surface area contributed by atoms with Gasteiger partial charge in [-0.1, -0.05) is 0 Å². The van der Waals surface area contributed by atoms with Crippen molar-refractivity contribution in [1.82, 2.24) is 0 Å². The first-order valence-electron chi connectivity index (χ1n) is 3.85. The van der Waals surface area contributed by atoms with Crippen LogP contribution in [0.25, 0.3) is 0 Å². The van der Waals surface area contributed by atoms with Crippen molar-refractivity contribution in [3.05, 3.63) is 18.4 Å². The Morgan fingerprint density at radius 3 is 2.73 bits per heavy atom. The Hall–Kier alpha value is -0.543. The van der Waals surface area contributed by atoms with Gasteiger partial charge in [0.25, 0.3) is 8.32 Å². The Morgan fingerprint density at radius 1 is 1.55 bits per heavy atom. The van der Waals surface area contributed by atoms with Crippen LogP contribution in [0.5, 0.6) is 0 Å². The van der Waals surface area contributed by atoms with Gasteiger partial charge in [-0.3, -0.25) is 0 Å². The fourth-order valence-electron chi connectivity index (χ4n) is 1.05. The van der Waals surface area contributed by atoms with Crippen LogP contribution in [0, 0.1) is 0 Å². The number of hydrogen-bond acceptors (Lipinski definition) is 2. The summed E-state index contributed by atoms with van der Waals surface area (Å²) >= 11 is 0. The largest absolute Gasteiger partial charge is 0.471 e. The zero-order valence-corrected chi connectivity index (χ0v) is 8.26. The van der Waals surface area contributed by atoms with Gasteiger partial charge < -0.3 is 8.84 Å². The molecule has 0 aliphatic carbocycles. The molecule has 0 amide bonds. The van der Waals surface area contributed by atoms with Crippen LogP contribution in [0.3, 0.4) is 0 Å². The third kappa shape index (κ3) is 1.94. The van der Waals surface area contributed by atoms with Crippen molar-refractivity contribution in [1.29, 1.82) is 0 Å². The number of hydrogen-bond donors (Lipinski definition) is 0. The molecule has 2 nitrogen and oxygen atoms in total. The Morgan fingerprint density at radius 2 is 2.27 bits per heavy atom. The molecular formula is C8H14O2Si. The molecule has 1 heterocycles. The minimum absolute atomic E-state index is 0.764. The van der Waals surface area contributed by atoms with Crippen LogP contribution in [0.2, 0.25) is 13.1 Å². The lowest BCUT2D eigenvalue weighted by Gasteiger charge is -2.18. The summed E-state index contributed by atoms with van der Waals surface area (Å²) in [4.78, 5) is 0. The molecule has 62 valence electrons. The Kier molecular flexibility index (Phi) is 2.52. The summed E-state index contributed by atoms with van der Waals surface area (Å²) in [5, 5.41) is 1.01. The van der Waals surface area contributed by atoms with E-state index in [1.807, 2.05) is 19.1 Å². The number of rotatable bonds is 3. The van der Waals surface area contributed by atoms with E-state index >= 15 is 0 Å². The average Bonchev–Trinajstić information content (AvgIpc) is 2.37. The normalized spacial score (nSPS) is 11.9. The molecule has 11 heavy (non-hydrogen) atoms. The molecule has 1 rings (SSSR count). The maximum Gasteiger partial charge on any atom is 0.257 e. The molecule has 0 aromatic carbocycles. The highest BCUT2D eigenvalue weighted by Gasteiger charge is 2.27. The summed E-state index contributed by atoms with van der Waals surface area (Å²) in [6.07, 6.45) is 1.70. The fraction of sp³-hybridized carbons (Fsp3) is 0.500. The second-order valence-electron chi connectivity index (χ2n) is 2.92. The summed E-state index contributed by atoms with van der Waals surface area (Å²) in [5.41, 5.74) is 0. The van der Waals surface area contributed by atoms with Crippen LogP contribution >= 0.6 is 0 Å². The first-order valence-corrected chi connectivity index (χ1v) is 6.75. The van der Waals surface area contributed by atoms with Gasteiger partial charge in [-0.2, -0.15) is 0 Å². The molecule has 3 heteroatoms. The minimum Gasteiger partial charge on any atom is -0.471 e. The maximum absolute atomic E-state index is 5.62. The first kappa shape index (κ1) is 8.55. The Balaban J connectivity index is 2.73. The lowest BCUT2D eigenvalue weighted by atomic mass is 10.7. The van der Waals surface area contributed by atoms with E-state index in [4.69, 9.17) is 8.84 Å². The van der Waals surface area contributed by atoms with Gasteiger partial charge in [-0.05, 0) is 32.2 Å². The van der Waals surface area contributed by atoms with Crippen LogP contribution in [0.15, 0.2) is 22.8 Å². The SMILES string of the molecule is CCO[Si](C)(C)c1ccco1. The molecule has 0 radical (unpaired) electrons. The lowest BCUT2D eigenvalue weighted by Crippen LogP contribution is -2.43. The van der Waals surface area contributed by atoms with Gasteiger partial charge in [0.05, 0.1) is 6.26 Å². The third-order valence-corrected chi connectivity index (χ3v) is 4.10. The molecule has 0 atom stereocenters. The van der Waals surface area contributed by atoms with E-state index in [9.17, 15) is 0 Å². The van der Waals surface area contributed by atoms with Crippen LogP contribution in [-0.4, -0.2) is 14.9 Å². The minimum atomic E-state index is -1.69. The Bertz CT molecular complexity index is 204. The van der Waals surface area contributed by atoms with Crippen molar-refractivity contribution >= 4 is 13.7 Å². The second-order valence-corrected chi connectivity index (χ2v) is 6.72. The van der Waals surface area contributed by atoms with Crippen LogP contribution < -0.4 is 5.38 Å². The predicted octanol–water partition coefficient (Wildman–Crippen LogP) is 1.73. The summed E-state index contributed by atoms with van der Waals surface area (Å²) in [6.45, 7) is 7.04. The molecule has 0 saturated carbocycles. The highest BCUT2D eigenvalue weighted by molar-refractivity contribution is 6.83.